The fourth-order valence-electron chi connectivity index (χ4n) is 3.71. The average molecular weight is 429 g/mol. The van der Waals surface area contributed by atoms with Crippen molar-refractivity contribution in [2.24, 2.45) is 0 Å². The Kier molecular flexibility index (Phi) is 6.18. The van der Waals surface area contributed by atoms with Gasteiger partial charge in [-0.15, -0.1) is 0 Å². The maximum atomic E-state index is 13.1. The van der Waals surface area contributed by atoms with Crippen molar-refractivity contribution in [2.45, 2.75) is 25.2 Å². The third-order valence-electron chi connectivity index (χ3n) is 5.26. The van der Waals surface area contributed by atoms with Crippen molar-refractivity contribution in [3.8, 4) is 5.88 Å². The largest absolute Gasteiger partial charge is 0.471 e. The normalized spacial score (nSPS) is 17.2. The number of aromatic nitrogens is 1. The van der Waals surface area contributed by atoms with E-state index in [0.717, 1.165) is 18.7 Å². The molecule has 2 aromatic carbocycles. The van der Waals surface area contributed by atoms with Gasteiger partial charge in [0.2, 0.25) is 5.88 Å². The summed E-state index contributed by atoms with van der Waals surface area (Å²) in [5, 5.41) is 21.0. The lowest BCUT2D eigenvalue weighted by Gasteiger charge is -2.23. The SMILES string of the molecule is OCc1cc(C(O)c2ccc(F)cc2)ccc1N1CCC(Oc2ncccc2Cl)C1. The molecule has 1 aromatic heterocycles. The Balaban J connectivity index is 1.49. The van der Waals surface area contributed by atoms with Crippen molar-refractivity contribution in [2.75, 3.05) is 18.0 Å². The Morgan fingerprint density at radius 3 is 2.67 bits per heavy atom. The number of rotatable bonds is 6. The summed E-state index contributed by atoms with van der Waals surface area (Å²) in [5.41, 5.74) is 2.84. The smallest absolute Gasteiger partial charge is 0.232 e. The lowest BCUT2D eigenvalue weighted by molar-refractivity contribution is 0.216. The Bertz CT molecular complexity index is 1020. The van der Waals surface area contributed by atoms with Gasteiger partial charge in [0, 0.05) is 30.4 Å². The number of halogens is 2. The number of hydrogen-bond donors (Lipinski definition) is 2. The highest BCUT2D eigenvalue weighted by molar-refractivity contribution is 6.31. The molecule has 4 rings (SSSR count). The van der Waals surface area contributed by atoms with Gasteiger partial charge in [0.1, 0.15) is 23.0 Å². The molecule has 0 amide bonds. The zero-order chi connectivity index (χ0) is 21.1. The van der Waals surface area contributed by atoms with Gasteiger partial charge < -0.3 is 19.8 Å². The lowest BCUT2D eigenvalue weighted by atomic mass is 9.98. The molecule has 2 N–H and O–H groups in total. The number of pyridine rings is 1. The molecule has 1 aliphatic heterocycles. The zero-order valence-electron chi connectivity index (χ0n) is 16.2. The number of nitrogens with zero attached hydrogens (tertiary/aromatic N) is 2. The topological polar surface area (TPSA) is 65.8 Å². The van der Waals surface area contributed by atoms with Crippen LogP contribution in [0.15, 0.2) is 60.8 Å². The van der Waals surface area contributed by atoms with E-state index in [1.54, 1.807) is 36.5 Å². The summed E-state index contributed by atoms with van der Waals surface area (Å²) in [6.07, 6.45) is 1.49. The van der Waals surface area contributed by atoms with E-state index in [4.69, 9.17) is 16.3 Å². The van der Waals surface area contributed by atoms with Crippen molar-refractivity contribution < 1.29 is 19.3 Å². The minimum Gasteiger partial charge on any atom is -0.471 e. The summed E-state index contributed by atoms with van der Waals surface area (Å²) >= 11 is 6.13. The van der Waals surface area contributed by atoms with E-state index in [0.29, 0.717) is 34.1 Å². The van der Waals surface area contributed by atoms with Crippen LogP contribution in [-0.4, -0.2) is 34.4 Å². The molecule has 0 bridgehead atoms. The maximum absolute atomic E-state index is 13.1. The molecule has 0 radical (unpaired) electrons. The van der Waals surface area contributed by atoms with Crippen LogP contribution in [-0.2, 0) is 6.61 Å². The fourth-order valence-corrected chi connectivity index (χ4v) is 3.87. The first-order chi connectivity index (χ1) is 14.5. The Hall–Kier alpha value is -2.67. The van der Waals surface area contributed by atoms with Crippen molar-refractivity contribution in [3.63, 3.8) is 0 Å². The van der Waals surface area contributed by atoms with Crippen LogP contribution in [0, 0.1) is 5.82 Å². The van der Waals surface area contributed by atoms with Crippen LogP contribution in [0.2, 0.25) is 5.02 Å². The van der Waals surface area contributed by atoms with Crippen LogP contribution >= 0.6 is 11.6 Å². The van der Waals surface area contributed by atoms with E-state index in [1.807, 2.05) is 12.1 Å². The molecule has 7 heteroatoms. The van der Waals surface area contributed by atoms with Crippen molar-refractivity contribution >= 4 is 17.3 Å². The molecule has 2 atom stereocenters. The van der Waals surface area contributed by atoms with Gasteiger partial charge in [-0.2, -0.15) is 0 Å². The van der Waals surface area contributed by atoms with E-state index in [2.05, 4.69) is 9.88 Å². The Labute approximate surface area is 179 Å². The quantitative estimate of drug-likeness (QED) is 0.618. The van der Waals surface area contributed by atoms with E-state index in [9.17, 15) is 14.6 Å². The number of benzene rings is 2. The molecule has 0 aliphatic carbocycles. The second kappa shape index (κ2) is 9.00. The molecule has 0 spiro atoms. The Morgan fingerprint density at radius 1 is 1.17 bits per heavy atom. The van der Waals surface area contributed by atoms with E-state index in [-0.39, 0.29) is 18.5 Å². The molecular formula is C23H22ClFN2O3. The minimum atomic E-state index is -0.897. The minimum absolute atomic E-state index is 0.0616. The predicted molar refractivity (Wildman–Crippen MR) is 113 cm³/mol. The van der Waals surface area contributed by atoms with Gasteiger partial charge in [-0.1, -0.05) is 29.8 Å². The average Bonchev–Trinajstić information content (AvgIpc) is 3.23. The Morgan fingerprint density at radius 2 is 1.93 bits per heavy atom. The maximum Gasteiger partial charge on any atom is 0.232 e. The lowest BCUT2D eigenvalue weighted by Crippen LogP contribution is -2.25. The van der Waals surface area contributed by atoms with Gasteiger partial charge in [0.05, 0.1) is 13.2 Å². The first-order valence-electron chi connectivity index (χ1n) is 9.74. The molecule has 1 aliphatic rings. The first-order valence-corrected chi connectivity index (χ1v) is 10.1. The molecule has 3 aromatic rings. The summed E-state index contributed by atoms with van der Waals surface area (Å²) in [6.45, 7) is 1.25. The number of aliphatic hydroxyl groups is 2. The highest BCUT2D eigenvalue weighted by Gasteiger charge is 2.27. The molecule has 2 heterocycles. The summed E-state index contributed by atoms with van der Waals surface area (Å²) in [4.78, 5) is 6.31. The molecule has 2 unspecified atom stereocenters. The molecule has 5 nitrogen and oxygen atoms in total. The second-order valence-electron chi connectivity index (χ2n) is 7.27. The summed E-state index contributed by atoms with van der Waals surface area (Å²) in [7, 11) is 0. The van der Waals surface area contributed by atoms with Crippen molar-refractivity contribution in [3.05, 3.63) is 88.3 Å². The summed E-state index contributed by atoms with van der Waals surface area (Å²) in [5.74, 6) is 0.0707. The number of anilines is 1. The highest BCUT2D eigenvalue weighted by Crippen LogP contribution is 2.31. The first kappa shape index (κ1) is 20.6. The summed E-state index contributed by atoms with van der Waals surface area (Å²) in [6, 6.07) is 14.7. The van der Waals surface area contributed by atoms with Crippen LogP contribution < -0.4 is 9.64 Å². The van der Waals surface area contributed by atoms with Crippen LogP contribution in [0.5, 0.6) is 5.88 Å². The third-order valence-corrected chi connectivity index (χ3v) is 5.55. The number of aliphatic hydroxyl groups excluding tert-OH is 2. The monoisotopic (exact) mass is 428 g/mol. The fraction of sp³-hybridized carbons (Fsp3) is 0.261. The van der Waals surface area contributed by atoms with E-state index in [1.165, 1.54) is 12.1 Å². The van der Waals surface area contributed by atoms with E-state index >= 15 is 0 Å². The molecule has 0 saturated carbocycles. The molecule has 156 valence electrons. The van der Waals surface area contributed by atoms with Gasteiger partial charge in [-0.3, -0.25) is 0 Å². The molecule has 30 heavy (non-hydrogen) atoms. The van der Waals surface area contributed by atoms with Gasteiger partial charge >= 0.3 is 0 Å². The third kappa shape index (κ3) is 4.41. The van der Waals surface area contributed by atoms with Crippen molar-refractivity contribution in [1.82, 2.24) is 4.98 Å². The van der Waals surface area contributed by atoms with Gasteiger partial charge in [-0.05, 0) is 47.5 Å². The summed E-state index contributed by atoms with van der Waals surface area (Å²) < 4.78 is 19.1. The van der Waals surface area contributed by atoms with Crippen LogP contribution in [0.4, 0.5) is 10.1 Å². The highest BCUT2D eigenvalue weighted by atomic mass is 35.5. The molecule has 1 fully saturated rings. The second-order valence-corrected chi connectivity index (χ2v) is 7.67. The molecule has 1 saturated heterocycles. The number of ether oxygens (including phenoxy) is 1. The standard InChI is InChI=1S/C23H22ClFN2O3/c24-20-2-1-10-26-23(20)30-19-9-11-27(13-19)21-8-5-16(12-17(21)14-28)22(29)15-3-6-18(25)7-4-15/h1-8,10,12,19,22,28-29H,9,11,13-14H2. The zero-order valence-corrected chi connectivity index (χ0v) is 17.0. The van der Waals surface area contributed by atoms with Crippen LogP contribution in [0.3, 0.4) is 0 Å². The van der Waals surface area contributed by atoms with Gasteiger partial charge in [0.15, 0.2) is 0 Å². The number of hydrogen-bond acceptors (Lipinski definition) is 5. The van der Waals surface area contributed by atoms with Crippen molar-refractivity contribution in [1.29, 1.82) is 0 Å². The van der Waals surface area contributed by atoms with Gasteiger partial charge in [0.25, 0.3) is 0 Å². The predicted octanol–water partition coefficient (Wildman–Crippen LogP) is 4.11. The van der Waals surface area contributed by atoms with E-state index < -0.39 is 6.10 Å². The van der Waals surface area contributed by atoms with Crippen LogP contribution in [0.1, 0.15) is 29.2 Å². The van der Waals surface area contributed by atoms with Gasteiger partial charge in [-0.25, -0.2) is 9.37 Å². The van der Waals surface area contributed by atoms with Crippen LogP contribution in [0.25, 0.3) is 0 Å². The molecular weight excluding hydrogens is 407 g/mol.